The van der Waals surface area contributed by atoms with Crippen molar-refractivity contribution in [3.63, 3.8) is 0 Å². The van der Waals surface area contributed by atoms with E-state index in [1.165, 1.54) is 16.8 Å². The quantitative estimate of drug-likeness (QED) is 0.562. The molecule has 1 saturated heterocycles. The molecule has 1 aliphatic rings. The average molecular weight is 373 g/mol. The van der Waals surface area contributed by atoms with Crippen LogP contribution >= 0.6 is 0 Å². The van der Waals surface area contributed by atoms with Gasteiger partial charge in [-0.05, 0) is 60.9 Å². The fraction of sp³-hybridized carbons (Fsp3) is 0.280. The van der Waals surface area contributed by atoms with Crippen molar-refractivity contribution in [2.45, 2.75) is 31.3 Å². The normalized spacial score (nSPS) is 21.5. The molecule has 3 aromatic carbocycles. The van der Waals surface area contributed by atoms with Crippen LogP contribution in [-0.4, -0.2) is 20.3 Å². The minimum Gasteiger partial charge on any atom is -0.497 e. The molecule has 3 aromatic rings. The number of nitrogens with zero attached hydrogens (tertiary/aromatic N) is 1. The number of anilines is 1. The molecule has 0 saturated carbocycles. The summed E-state index contributed by atoms with van der Waals surface area (Å²) < 4.78 is 10.7. The lowest BCUT2D eigenvalue weighted by atomic mass is 9.90. The number of ether oxygens (including phenoxy) is 2. The number of rotatable bonds is 5. The maximum atomic E-state index is 5.35. The highest BCUT2D eigenvalue weighted by atomic mass is 16.5. The average Bonchev–Trinajstić information content (AvgIpc) is 3.11. The monoisotopic (exact) mass is 373 g/mol. The Morgan fingerprint density at radius 2 is 1.29 bits per heavy atom. The van der Waals surface area contributed by atoms with Gasteiger partial charge in [0.1, 0.15) is 11.5 Å². The first-order valence-electron chi connectivity index (χ1n) is 9.82. The lowest BCUT2D eigenvalue weighted by molar-refractivity contribution is 0.414. The van der Waals surface area contributed by atoms with Crippen molar-refractivity contribution in [3.05, 3.63) is 90.0 Å². The van der Waals surface area contributed by atoms with Crippen LogP contribution in [0.1, 0.15) is 36.4 Å². The van der Waals surface area contributed by atoms with Crippen LogP contribution in [0.4, 0.5) is 5.69 Å². The third-order valence-electron chi connectivity index (χ3n) is 5.93. The molecule has 0 N–H and O–H groups in total. The summed E-state index contributed by atoms with van der Waals surface area (Å²) in [5.74, 6) is 2.25. The van der Waals surface area contributed by atoms with Gasteiger partial charge in [0, 0.05) is 17.6 Å². The molecule has 1 aliphatic heterocycles. The van der Waals surface area contributed by atoms with Crippen molar-refractivity contribution >= 4 is 5.69 Å². The van der Waals surface area contributed by atoms with Crippen LogP contribution in [0.3, 0.4) is 0 Å². The van der Waals surface area contributed by atoms with E-state index >= 15 is 0 Å². The summed E-state index contributed by atoms with van der Waals surface area (Å²) in [4.78, 5) is 2.56. The first kappa shape index (κ1) is 18.4. The largest absolute Gasteiger partial charge is 0.497 e. The van der Waals surface area contributed by atoms with Crippen LogP contribution in [0.15, 0.2) is 78.9 Å². The second-order valence-electron chi connectivity index (χ2n) is 7.39. The van der Waals surface area contributed by atoms with Gasteiger partial charge in [0.2, 0.25) is 0 Å². The highest BCUT2D eigenvalue weighted by Gasteiger charge is 2.40. The Hall–Kier alpha value is -2.94. The minimum atomic E-state index is 0.344. The van der Waals surface area contributed by atoms with Crippen LogP contribution in [0.2, 0.25) is 0 Å². The van der Waals surface area contributed by atoms with Crippen molar-refractivity contribution in [2.24, 2.45) is 0 Å². The summed E-state index contributed by atoms with van der Waals surface area (Å²) >= 11 is 0. The Morgan fingerprint density at radius 1 is 0.714 bits per heavy atom. The van der Waals surface area contributed by atoms with Crippen molar-refractivity contribution in [1.29, 1.82) is 0 Å². The van der Waals surface area contributed by atoms with Crippen LogP contribution < -0.4 is 14.4 Å². The maximum absolute atomic E-state index is 5.35. The maximum Gasteiger partial charge on any atom is 0.119 e. The Balaban J connectivity index is 1.71. The Kier molecular flexibility index (Phi) is 5.25. The van der Waals surface area contributed by atoms with E-state index < -0.39 is 0 Å². The molecule has 0 radical (unpaired) electrons. The van der Waals surface area contributed by atoms with Crippen LogP contribution in [0.5, 0.6) is 11.5 Å². The summed E-state index contributed by atoms with van der Waals surface area (Å²) in [6.45, 7) is 2.34. The van der Waals surface area contributed by atoms with E-state index in [0.717, 1.165) is 17.9 Å². The molecule has 0 amide bonds. The van der Waals surface area contributed by atoms with Gasteiger partial charge in [-0.15, -0.1) is 0 Å². The zero-order chi connectivity index (χ0) is 19.5. The molecule has 0 aliphatic carbocycles. The van der Waals surface area contributed by atoms with Gasteiger partial charge in [-0.1, -0.05) is 42.5 Å². The fourth-order valence-electron chi connectivity index (χ4n) is 4.44. The second-order valence-corrected chi connectivity index (χ2v) is 7.39. The standard InChI is InChI=1S/C25H27NO2/c1-18-24(19-9-13-22(27-2)14-10-19)17-25(20-7-5-4-6-8-20)26(18)21-11-15-23(28-3)16-12-21/h4-16,18,24-25H,17H2,1-3H3/t18-,24+,25?/m1/s1. The van der Waals surface area contributed by atoms with E-state index in [4.69, 9.17) is 9.47 Å². The number of hydrogen-bond acceptors (Lipinski definition) is 3. The summed E-state index contributed by atoms with van der Waals surface area (Å²) in [5.41, 5.74) is 3.96. The van der Waals surface area contributed by atoms with Crippen LogP contribution in [0.25, 0.3) is 0 Å². The van der Waals surface area contributed by atoms with Crippen LogP contribution in [0, 0.1) is 0 Å². The predicted molar refractivity (Wildman–Crippen MR) is 114 cm³/mol. The molecule has 28 heavy (non-hydrogen) atoms. The van der Waals surface area contributed by atoms with E-state index in [1.807, 2.05) is 12.1 Å². The molecule has 1 heterocycles. The topological polar surface area (TPSA) is 21.7 Å². The number of benzene rings is 3. The van der Waals surface area contributed by atoms with E-state index in [2.05, 4.69) is 78.6 Å². The molecule has 3 nitrogen and oxygen atoms in total. The second kappa shape index (κ2) is 7.97. The van der Waals surface area contributed by atoms with Gasteiger partial charge < -0.3 is 14.4 Å². The van der Waals surface area contributed by atoms with Gasteiger partial charge in [0.25, 0.3) is 0 Å². The molecular weight excluding hydrogens is 346 g/mol. The molecule has 3 heteroatoms. The zero-order valence-electron chi connectivity index (χ0n) is 16.7. The summed E-state index contributed by atoms with van der Waals surface area (Å²) in [5, 5.41) is 0. The highest BCUT2D eigenvalue weighted by molar-refractivity contribution is 5.55. The van der Waals surface area contributed by atoms with Gasteiger partial charge in [-0.2, -0.15) is 0 Å². The molecule has 4 rings (SSSR count). The molecular formula is C25H27NO2. The van der Waals surface area contributed by atoms with Crippen molar-refractivity contribution in [3.8, 4) is 11.5 Å². The fourth-order valence-corrected chi connectivity index (χ4v) is 4.44. The van der Waals surface area contributed by atoms with Crippen LogP contribution in [-0.2, 0) is 0 Å². The zero-order valence-corrected chi connectivity index (χ0v) is 16.7. The molecule has 1 fully saturated rings. The third-order valence-corrected chi connectivity index (χ3v) is 5.93. The van der Waals surface area contributed by atoms with E-state index in [9.17, 15) is 0 Å². The SMILES string of the molecule is COc1ccc([C@H]2CC(c3ccccc3)N(c3ccc(OC)cc3)[C@@H]2C)cc1. The predicted octanol–water partition coefficient (Wildman–Crippen LogP) is 5.83. The molecule has 3 atom stereocenters. The first-order chi connectivity index (χ1) is 13.7. The van der Waals surface area contributed by atoms with E-state index in [-0.39, 0.29) is 0 Å². The Morgan fingerprint density at radius 3 is 1.86 bits per heavy atom. The molecule has 0 aromatic heterocycles. The Labute approximate surface area is 167 Å². The summed E-state index contributed by atoms with van der Waals surface area (Å²) in [6.07, 6.45) is 1.09. The minimum absolute atomic E-state index is 0.344. The van der Waals surface area contributed by atoms with Gasteiger partial charge in [0.05, 0.1) is 20.3 Å². The first-order valence-corrected chi connectivity index (χ1v) is 9.82. The summed E-state index contributed by atoms with van der Waals surface area (Å²) in [6, 6.07) is 28.5. The smallest absolute Gasteiger partial charge is 0.119 e. The van der Waals surface area contributed by atoms with Gasteiger partial charge in [0.15, 0.2) is 0 Å². The molecule has 1 unspecified atom stereocenters. The highest BCUT2D eigenvalue weighted by Crippen LogP contribution is 2.47. The van der Waals surface area contributed by atoms with E-state index in [0.29, 0.717) is 18.0 Å². The number of hydrogen-bond donors (Lipinski definition) is 0. The lowest BCUT2D eigenvalue weighted by Gasteiger charge is -2.32. The van der Waals surface area contributed by atoms with Crippen molar-refractivity contribution < 1.29 is 9.47 Å². The summed E-state index contributed by atoms with van der Waals surface area (Å²) in [7, 11) is 3.42. The molecule has 0 spiro atoms. The van der Waals surface area contributed by atoms with Gasteiger partial charge >= 0.3 is 0 Å². The van der Waals surface area contributed by atoms with Crippen molar-refractivity contribution in [2.75, 3.05) is 19.1 Å². The lowest BCUT2D eigenvalue weighted by Crippen LogP contribution is -2.31. The third kappa shape index (κ3) is 3.45. The van der Waals surface area contributed by atoms with Gasteiger partial charge in [-0.3, -0.25) is 0 Å². The Bertz CT molecular complexity index is 890. The van der Waals surface area contributed by atoms with Crippen molar-refractivity contribution in [1.82, 2.24) is 0 Å². The van der Waals surface area contributed by atoms with Gasteiger partial charge in [-0.25, -0.2) is 0 Å². The molecule has 0 bridgehead atoms. The van der Waals surface area contributed by atoms with E-state index in [1.54, 1.807) is 14.2 Å². The molecule has 144 valence electrons. The number of methoxy groups -OCH3 is 2.